The number of rotatable bonds is 3. The van der Waals surface area contributed by atoms with Gasteiger partial charge in [-0.25, -0.2) is 4.79 Å². The highest BCUT2D eigenvalue weighted by Crippen LogP contribution is 2.13. The molecule has 0 aromatic heterocycles. The molecule has 88 valence electrons. The van der Waals surface area contributed by atoms with Crippen molar-refractivity contribution < 1.29 is 19.0 Å². The molecule has 1 unspecified atom stereocenters. The van der Waals surface area contributed by atoms with Crippen LogP contribution < -0.4 is 0 Å². The van der Waals surface area contributed by atoms with E-state index in [1.165, 1.54) is 0 Å². The second kappa shape index (κ2) is 5.95. The number of hydrogen-bond donors (Lipinski definition) is 0. The Labute approximate surface area is 90.9 Å². The average molecular weight is 216 g/mol. The van der Waals surface area contributed by atoms with Gasteiger partial charge in [-0.2, -0.15) is 0 Å². The van der Waals surface area contributed by atoms with Crippen molar-refractivity contribution in [3.8, 4) is 0 Å². The van der Waals surface area contributed by atoms with Crippen molar-refractivity contribution in [2.24, 2.45) is 5.92 Å². The maximum absolute atomic E-state index is 11.3. The Morgan fingerprint density at radius 2 is 1.87 bits per heavy atom. The van der Waals surface area contributed by atoms with E-state index in [-0.39, 0.29) is 12.2 Å². The molecule has 1 atom stereocenters. The molecule has 0 bridgehead atoms. The van der Waals surface area contributed by atoms with Gasteiger partial charge in [-0.05, 0) is 12.8 Å². The molecule has 0 aliphatic carbocycles. The monoisotopic (exact) mass is 216 g/mol. The molecule has 0 aromatic carbocycles. The van der Waals surface area contributed by atoms with Crippen molar-refractivity contribution in [2.75, 3.05) is 13.2 Å². The van der Waals surface area contributed by atoms with Crippen molar-refractivity contribution in [1.29, 1.82) is 0 Å². The van der Waals surface area contributed by atoms with Crippen LogP contribution in [0, 0.1) is 5.92 Å². The third kappa shape index (κ3) is 4.51. The molecular weight excluding hydrogens is 196 g/mol. The van der Waals surface area contributed by atoms with Crippen molar-refractivity contribution in [3.63, 3.8) is 0 Å². The summed E-state index contributed by atoms with van der Waals surface area (Å²) in [4.78, 5) is 11.3. The first-order valence-electron chi connectivity index (χ1n) is 5.54. The summed E-state index contributed by atoms with van der Waals surface area (Å²) in [6, 6.07) is 0. The van der Waals surface area contributed by atoms with Crippen LogP contribution in [-0.2, 0) is 14.2 Å². The highest BCUT2D eigenvalue weighted by Gasteiger charge is 2.21. The first kappa shape index (κ1) is 12.3. The minimum atomic E-state index is -0.553. The lowest BCUT2D eigenvalue weighted by atomic mass is 10.1. The lowest BCUT2D eigenvalue weighted by Gasteiger charge is -2.23. The summed E-state index contributed by atoms with van der Waals surface area (Å²) in [5.41, 5.74) is 0. The Balaban J connectivity index is 2.22. The van der Waals surface area contributed by atoms with Crippen molar-refractivity contribution in [1.82, 2.24) is 0 Å². The normalized spacial score (nSPS) is 20.0. The van der Waals surface area contributed by atoms with Crippen LogP contribution in [0.15, 0.2) is 0 Å². The lowest BCUT2D eigenvalue weighted by Crippen LogP contribution is -2.29. The van der Waals surface area contributed by atoms with Crippen LogP contribution in [0.3, 0.4) is 0 Å². The van der Waals surface area contributed by atoms with Gasteiger partial charge in [-0.15, -0.1) is 0 Å². The Kier molecular flexibility index (Phi) is 4.88. The summed E-state index contributed by atoms with van der Waals surface area (Å²) in [7, 11) is 0. The van der Waals surface area contributed by atoms with E-state index >= 15 is 0 Å². The van der Waals surface area contributed by atoms with Crippen LogP contribution in [0.4, 0.5) is 4.79 Å². The van der Waals surface area contributed by atoms with E-state index in [1.54, 1.807) is 0 Å². The maximum Gasteiger partial charge on any atom is 0.508 e. The van der Waals surface area contributed by atoms with Gasteiger partial charge in [-0.1, -0.05) is 13.8 Å². The molecule has 0 amide bonds. The minimum Gasteiger partial charge on any atom is -0.431 e. The predicted octanol–water partition coefficient (Wildman–Crippen LogP) is 2.36. The minimum absolute atomic E-state index is 0.0365. The third-order valence-corrected chi connectivity index (χ3v) is 2.65. The Bertz CT molecular complexity index is 197. The first-order valence-corrected chi connectivity index (χ1v) is 5.54. The van der Waals surface area contributed by atoms with Crippen LogP contribution >= 0.6 is 0 Å². The summed E-state index contributed by atoms with van der Waals surface area (Å²) < 4.78 is 15.5. The molecule has 1 saturated heterocycles. The lowest BCUT2D eigenvalue weighted by molar-refractivity contribution is -0.0430. The molecule has 1 rings (SSSR count). The molecule has 4 nitrogen and oxygen atoms in total. The van der Waals surface area contributed by atoms with Gasteiger partial charge in [0.15, 0.2) is 0 Å². The summed E-state index contributed by atoms with van der Waals surface area (Å²) in [6.07, 6.45) is 0.849. The summed E-state index contributed by atoms with van der Waals surface area (Å²) >= 11 is 0. The summed E-state index contributed by atoms with van der Waals surface area (Å²) in [5.74, 6) is 0.312. The van der Waals surface area contributed by atoms with Crippen LogP contribution in [-0.4, -0.2) is 31.6 Å². The van der Waals surface area contributed by atoms with E-state index in [9.17, 15) is 4.79 Å². The smallest absolute Gasteiger partial charge is 0.431 e. The van der Waals surface area contributed by atoms with Gasteiger partial charge in [0.1, 0.15) is 12.2 Å². The Hall–Kier alpha value is -0.770. The zero-order valence-corrected chi connectivity index (χ0v) is 9.69. The second-order valence-electron chi connectivity index (χ2n) is 4.25. The maximum atomic E-state index is 11.3. The standard InChI is InChI=1S/C11H20O4/c1-8(2)9(3)14-11(12)15-10-4-6-13-7-5-10/h8-10H,4-7H2,1-3H3. The molecule has 4 heteroatoms. The quantitative estimate of drug-likeness (QED) is 0.679. The summed E-state index contributed by atoms with van der Waals surface area (Å²) in [6.45, 7) is 7.21. The molecular formula is C11H20O4. The molecule has 0 radical (unpaired) electrons. The molecule has 0 saturated carbocycles. The van der Waals surface area contributed by atoms with Crippen LogP contribution in [0.25, 0.3) is 0 Å². The van der Waals surface area contributed by atoms with Crippen molar-refractivity contribution in [3.05, 3.63) is 0 Å². The van der Waals surface area contributed by atoms with Gasteiger partial charge in [0.05, 0.1) is 13.2 Å². The predicted molar refractivity (Wildman–Crippen MR) is 55.7 cm³/mol. The fourth-order valence-corrected chi connectivity index (χ4v) is 1.25. The zero-order chi connectivity index (χ0) is 11.3. The topological polar surface area (TPSA) is 44.8 Å². The molecule has 1 fully saturated rings. The van der Waals surface area contributed by atoms with Gasteiger partial charge >= 0.3 is 6.16 Å². The van der Waals surface area contributed by atoms with Gasteiger partial charge in [-0.3, -0.25) is 0 Å². The van der Waals surface area contributed by atoms with E-state index in [1.807, 2.05) is 20.8 Å². The fourth-order valence-electron chi connectivity index (χ4n) is 1.25. The van der Waals surface area contributed by atoms with Gasteiger partial charge in [0.25, 0.3) is 0 Å². The Morgan fingerprint density at radius 1 is 1.27 bits per heavy atom. The Morgan fingerprint density at radius 3 is 2.40 bits per heavy atom. The van der Waals surface area contributed by atoms with E-state index in [0.717, 1.165) is 12.8 Å². The van der Waals surface area contributed by atoms with Crippen LogP contribution in [0.1, 0.15) is 33.6 Å². The SMILES string of the molecule is CC(C)C(C)OC(=O)OC1CCOCC1. The van der Waals surface area contributed by atoms with E-state index in [4.69, 9.17) is 14.2 Å². The molecule has 1 aliphatic rings. The number of ether oxygens (including phenoxy) is 3. The van der Waals surface area contributed by atoms with Crippen LogP contribution in [0.2, 0.25) is 0 Å². The fraction of sp³-hybridized carbons (Fsp3) is 0.909. The van der Waals surface area contributed by atoms with E-state index < -0.39 is 6.16 Å². The number of hydrogen-bond acceptors (Lipinski definition) is 4. The van der Waals surface area contributed by atoms with E-state index in [0.29, 0.717) is 19.1 Å². The van der Waals surface area contributed by atoms with E-state index in [2.05, 4.69) is 0 Å². The average Bonchev–Trinajstić information content (AvgIpc) is 2.18. The third-order valence-electron chi connectivity index (χ3n) is 2.65. The highest BCUT2D eigenvalue weighted by molar-refractivity contribution is 5.60. The second-order valence-corrected chi connectivity index (χ2v) is 4.25. The highest BCUT2D eigenvalue weighted by atomic mass is 16.7. The molecule has 15 heavy (non-hydrogen) atoms. The molecule has 0 spiro atoms. The van der Waals surface area contributed by atoms with Crippen LogP contribution in [0.5, 0.6) is 0 Å². The van der Waals surface area contributed by atoms with Gasteiger partial charge in [0.2, 0.25) is 0 Å². The van der Waals surface area contributed by atoms with Crippen molar-refractivity contribution in [2.45, 2.75) is 45.8 Å². The zero-order valence-electron chi connectivity index (χ0n) is 9.69. The molecule has 1 heterocycles. The largest absolute Gasteiger partial charge is 0.508 e. The first-order chi connectivity index (χ1) is 7.09. The number of carbonyl (C=O) groups is 1. The molecule has 0 N–H and O–H groups in total. The van der Waals surface area contributed by atoms with Crippen molar-refractivity contribution >= 4 is 6.16 Å². The summed E-state index contributed by atoms with van der Waals surface area (Å²) in [5, 5.41) is 0. The molecule has 1 aliphatic heterocycles. The molecule has 0 aromatic rings. The number of carbonyl (C=O) groups excluding carboxylic acids is 1. The van der Waals surface area contributed by atoms with Gasteiger partial charge < -0.3 is 14.2 Å². The van der Waals surface area contributed by atoms with Gasteiger partial charge in [0, 0.05) is 12.8 Å².